The average molecular weight is 289 g/mol. The van der Waals surface area contributed by atoms with Gasteiger partial charge in [0.1, 0.15) is 0 Å². The Morgan fingerprint density at radius 3 is 1.80 bits per heavy atom. The van der Waals surface area contributed by atoms with Gasteiger partial charge in [0, 0.05) is 27.4 Å². The van der Waals surface area contributed by atoms with Crippen LogP contribution in [-0.2, 0) is 14.2 Å². The normalized spacial score (nSPS) is 15.3. The molecule has 0 spiro atoms. The fourth-order valence-corrected chi connectivity index (χ4v) is 2.79. The van der Waals surface area contributed by atoms with Gasteiger partial charge in [-0.15, -0.1) is 0 Å². The number of nitrogens with two attached hydrogens (primary N) is 1. The average Bonchev–Trinajstić information content (AvgIpc) is 2.49. The van der Waals surface area contributed by atoms with E-state index in [-0.39, 0.29) is 12.0 Å². The van der Waals surface area contributed by atoms with E-state index in [4.69, 9.17) is 19.9 Å². The van der Waals surface area contributed by atoms with Gasteiger partial charge in [-0.05, 0) is 12.8 Å². The highest BCUT2D eigenvalue weighted by atomic mass is 16.9. The zero-order chi connectivity index (χ0) is 15.4. The summed E-state index contributed by atoms with van der Waals surface area (Å²) in [6.07, 6.45) is 9.46. The molecule has 0 aromatic heterocycles. The molecule has 4 heteroatoms. The Hall–Kier alpha value is -0.160. The molecule has 0 bridgehead atoms. The van der Waals surface area contributed by atoms with Crippen LogP contribution in [-0.4, -0.2) is 33.3 Å². The highest BCUT2D eigenvalue weighted by molar-refractivity contribution is 4.80. The van der Waals surface area contributed by atoms with Crippen molar-refractivity contribution in [3.05, 3.63) is 0 Å². The Labute approximate surface area is 125 Å². The quantitative estimate of drug-likeness (QED) is 0.415. The van der Waals surface area contributed by atoms with Crippen LogP contribution >= 0.6 is 0 Å². The van der Waals surface area contributed by atoms with Gasteiger partial charge < -0.3 is 19.9 Å². The summed E-state index contributed by atoms with van der Waals surface area (Å²) in [7, 11) is 4.84. The van der Waals surface area contributed by atoms with Gasteiger partial charge in [-0.1, -0.05) is 52.4 Å². The van der Waals surface area contributed by atoms with E-state index >= 15 is 0 Å². The van der Waals surface area contributed by atoms with E-state index < -0.39 is 5.97 Å². The second-order valence-corrected chi connectivity index (χ2v) is 5.45. The molecule has 2 atom stereocenters. The Balaban J connectivity index is 4.42. The molecule has 0 aromatic rings. The van der Waals surface area contributed by atoms with Crippen LogP contribution in [0.25, 0.3) is 0 Å². The van der Waals surface area contributed by atoms with Crippen molar-refractivity contribution in [3.63, 3.8) is 0 Å². The molecule has 0 saturated heterocycles. The molecule has 0 radical (unpaired) electrons. The molecular weight excluding hydrogens is 254 g/mol. The van der Waals surface area contributed by atoms with Crippen molar-refractivity contribution < 1.29 is 14.2 Å². The third kappa shape index (κ3) is 6.08. The monoisotopic (exact) mass is 289 g/mol. The Morgan fingerprint density at radius 2 is 1.35 bits per heavy atom. The third-order valence-electron chi connectivity index (χ3n) is 4.16. The summed E-state index contributed by atoms with van der Waals surface area (Å²) in [5.41, 5.74) is 6.25. The Kier molecular flexibility index (Phi) is 11.4. The predicted octanol–water partition coefficient (Wildman–Crippen LogP) is 3.68. The van der Waals surface area contributed by atoms with Crippen molar-refractivity contribution in [2.75, 3.05) is 21.3 Å². The number of methoxy groups -OCH3 is 3. The van der Waals surface area contributed by atoms with E-state index in [1.165, 1.54) is 32.1 Å². The van der Waals surface area contributed by atoms with E-state index in [0.717, 1.165) is 19.3 Å². The zero-order valence-electron chi connectivity index (χ0n) is 14.1. The second-order valence-electron chi connectivity index (χ2n) is 5.45. The SMILES string of the molecule is CCCCCCCCC(C(N)CC)C(OC)(OC)OC. The lowest BCUT2D eigenvalue weighted by Crippen LogP contribution is -2.51. The molecule has 2 N–H and O–H groups in total. The highest BCUT2D eigenvalue weighted by Crippen LogP contribution is 2.31. The molecule has 0 saturated carbocycles. The van der Waals surface area contributed by atoms with E-state index in [1.54, 1.807) is 21.3 Å². The summed E-state index contributed by atoms with van der Waals surface area (Å²) in [6, 6.07) is 0.0190. The van der Waals surface area contributed by atoms with Crippen LogP contribution in [0.15, 0.2) is 0 Å². The first-order chi connectivity index (χ1) is 9.61. The van der Waals surface area contributed by atoms with Crippen LogP contribution in [0.4, 0.5) is 0 Å². The lowest BCUT2D eigenvalue weighted by Gasteiger charge is -2.39. The second kappa shape index (κ2) is 11.5. The van der Waals surface area contributed by atoms with Gasteiger partial charge in [0.05, 0.1) is 5.92 Å². The maximum atomic E-state index is 6.25. The number of hydrogen-bond donors (Lipinski definition) is 1. The number of rotatable bonds is 13. The van der Waals surface area contributed by atoms with Gasteiger partial charge in [0.2, 0.25) is 0 Å². The van der Waals surface area contributed by atoms with Gasteiger partial charge in [-0.25, -0.2) is 0 Å². The maximum Gasteiger partial charge on any atom is 0.286 e. The van der Waals surface area contributed by atoms with Crippen LogP contribution in [0, 0.1) is 5.92 Å². The van der Waals surface area contributed by atoms with Crippen molar-refractivity contribution >= 4 is 0 Å². The minimum Gasteiger partial charge on any atom is -0.331 e. The minimum absolute atomic E-state index is 0.0190. The molecular formula is C16H35NO3. The fourth-order valence-electron chi connectivity index (χ4n) is 2.79. The summed E-state index contributed by atoms with van der Waals surface area (Å²) in [4.78, 5) is 0. The maximum absolute atomic E-state index is 6.25. The molecule has 0 aliphatic rings. The van der Waals surface area contributed by atoms with Crippen LogP contribution in [0.3, 0.4) is 0 Å². The molecule has 4 nitrogen and oxygen atoms in total. The number of unbranched alkanes of at least 4 members (excludes halogenated alkanes) is 5. The number of ether oxygens (including phenoxy) is 3. The smallest absolute Gasteiger partial charge is 0.286 e. The Morgan fingerprint density at radius 1 is 0.850 bits per heavy atom. The van der Waals surface area contributed by atoms with Crippen molar-refractivity contribution in [3.8, 4) is 0 Å². The summed E-state index contributed by atoms with van der Waals surface area (Å²) in [5, 5.41) is 0. The van der Waals surface area contributed by atoms with Crippen molar-refractivity contribution in [2.24, 2.45) is 11.7 Å². The molecule has 0 heterocycles. The molecule has 122 valence electrons. The van der Waals surface area contributed by atoms with Crippen molar-refractivity contribution in [2.45, 2.75) is 77.2 Å². The largest absolute Gasteiger partial charge is 0.331 e. The summed E-state index contributed by atoms with van der Waals surface area (Å²) in [5.74, 6) is -0.961. The standard InChI is InChI=1S/C16H35NO3/c1-6-8-9-10-11-12-13-14(15(17)7-2)16(18-3,19-4)20-5/h14-15H,6-13,17H2,1-5H3. The van der Waals surface area contributed by atoms with E-state index in [9.17, 15) is 0 Å². The van der Waals surface area contributed by atoms with Crippen LogP contribution < -0.4 is 5.73 Å². The van der Waals surface area contributed by atoms with Gasteiger partial charge in [-0.3, -0.25) is 0 Å². The topological polar surface area (TPSA) is 53.7 Å². The van der Waals surface area contributed by atoms with Crippen molar-refractivity contribution in [1.29, 1.82) is 0 Å². The Bertz CT molecular complexity index is 212. The van der Waals surface area contributed by atoms with E-state index in [2.05, 4.69) is 13.8 Å². The first kappa shape index (κ1) is 19.8. The van der Waals surface area contributed by atoms with Crippen molar-refractivity contribution in [1.82, 2.24) is 0 Å². The molecule has 2 unspecified atom stereocenters. The molecule has 0 fully saturated rings. The lowest BCUT2D eigenvalue weighted by atomic mass is 9.89. The van der Waals surface area contributed by atoms with Gasteiger partial charge in [0.15, 0.2) is 0 Å². The van der Waals surface area contributed by atoms with Gasteiger partial charge in [-0.2, -0.15) is 0 Å². The fraction of sp³-hybridized carbons (Fsp3) is 1.00. The molecule has 0 aromatic carbocycles. The van der Waals surface area contributed by atoms with Gasteiger partial charge in [0.25, 0.3) is 5.97 Å². The van der Waals surface area contributed by atoms with Crippen LogP contribution in [0.1, 0.15) is 65.2 Å². The van der Waals surface area contributed by atoms with Crippen LogP contribution in [0.5, 0.6) is 0 Å². The highest BCUT2D eigenvalue weighted by Gasteiger charge is 2.42. The third-order valence-corrected chi connectivity index (χ3v) is 4.16. The molecule has 0 aliphatic heterocycles. The predicted molar refractivity (Wildman–Crippen MR) is 83.5 cm³/mol. The molecule has 20 heavy (non-hydrogen) atoms. The van der Waals surface area contributed by atoms with Crippen LogP contribution in [0.2, 0.25) is 0 Å². The van der Waals surface area contributed by atoms with E-state index in [0.29, 0.717) is 0 Å². The molecule has 0 aliphatic carbocycles. The summed E-state index contributed by atoms with van der Waals surface area (Å²) < 4.78 is 16.5. The van der Waals surface area contributed by atoms with Gasteiger partial charge >= 0.3 is 0 Å². The lowest BCUT2D eigenvalue weighted by molar-refractivity contribution is -0.382. The minimum atomic E-state index is -1.02. The summed E-state index contributed by atoms with van der Waals surface area (Å²) in [6.45, 7) is 4.32. The summed E-state index contributed by atoms with van der Waals surface area (Å²) >= 11 is 0. The first-order valence-corrected chi connectivity index (χ1v) is 8.02. The molecule has 0 amide bonds. The van der Waals surface area contributed by atoms with E-state index in [1.807, 2.05) is 0 Å². The molecule has 0 rings (SSSR count). The number of hydrogen-bond acceptors (Lipinski definition) is 4. The zero-order valence-corrected chi connectivity index (χ0v) is 14.1. The first-order valence-electron chi connectivity index (χ1n) is 8.02.